The van der Waals surface area contributed by atoms with Gasteiger partial charge in [0, 0.05) is 6.20 Å². The molecule has 0 unspecified atom stereocenters. The molecular weight excluding hydrogens is 410 g/mol. The number of pyridine rings is 1. The van der Waals surface area contributed by atoms with Crippen LogP contribution in [0.3, 0.4) is 0 Å². The topological polar surface area (TPSA) is 107 Å². The lowest BCUT2D eigenvalue weighted by Gasteiger charge is -2.21. The molecule has 9 heteroatoms. The summed E-state index contributed by atoms with van der Waals surface area (Å²) in [6.07, 6.45) is 1.48. The van der Waals surface area contributed by atoms with Crippen LogP contribution in [0.2, 0.25) is 5.15 Å². The summed E-state index contributed by atoms with van der Waals surface area (Å²) in [5.41, 5.74) is 0.614. The van der Waals surface area contributed by atoms with Crippen LogP contribution in [0.15, 0.2) is 42.6 Å². The molecule has 0 aliphatic heterocycles. The SMILES string of the molecule is CCOc1ccccc1C(=O)N[C@H](C(=O)OCC(=O)Nc1cccnc1Cl)C(C)C. The molecule has 0 radical (unpaired) electrons. The molecule has 0 aliphatic rings. The first kappa shape index (κ1) is 23.2. The minimum atomic E-state index is -0.943. The van der Waals surface area contributed by atoms with E-state index in [2.05, 4.69) is 15.6 Å². The van der Waals surface area contributed by atoms with Gasteiger partial charge in [0.05, 0.1) is 17.9 Å². The average molecular weight is 434 g/mol. The molecule has 1 atom stereocenters. The number of ether oxygens (including phenoxy) is 2. The number of hydrogen-bond donors (Lipinski definition) is 2. The Kier molecular flexibility index (Phi) is 8.61. The van der Waals surface area contributed by atoms with Crippen molar-refractivity contribution in [3.63, 3.8) is 0 Å². The Hall–Kier alpha value is -3.13. The highest BCUT2D eigenvalue weighted by molar-refractivity contribution is 6.32. The van der Waals surface area contributed by atoms with E-state index in [4.69, 9.17) is 21.1 Å². The molecule has 160 valence electrons. The molecule has 2 N–H and O–H groups in total. The predicted octanol–water partition coefficient (Wildman–Crippen LogP) is 3.07. The highest BCUT2D eigenvalue weighted by Crippen LogP contribution is 2.19. The van der Waals surface area contributed by atoms with Crippen molar-refractivity contribution in [2.24, 2.45) is 5.92 Å². The summed E-state index contributed by atoms with van der Waals surface area (Å²) < 4.78 is 10.6. The standard InChI is InChI=1S/C21H24ClN3O5/c1-4-29-16-10-6-5-8-14(16)20(27)25-18(13(2)3)21(28)30-12-17(26)24-15-9-7-11-23-19(15)22/h5-11,13,18H,4,12H2,1-3H3,(H,24,26)(H,25,27)/t18-/m0/s1. The molecular formula is C21H24ClN3O5. The summed E-state index contributed by atoms with van der Waals surface area (Å²) in [6.45, 7) is 5.20. The van der Waals surface area contributed by atoms with Crippen molar-refractivity contribution in [3.8, 4) is 5.75 Å². The first-order valence-electron chi connectivity index (χ1n) is 9.43. The zero-order valence-corrected chi connectivity index (χ0v) is 17.7. The molecule has 0 bridgehead atoms. The number of nitrogens with one attached hydrogen (secondary N) is 2. The summed E-state index contributed by atoms with van der Waals surface area (Å²) in [5.74, 6) is -1.62. The molecule has 1 aromatic heterocycles. The zero-order chi connectivity index (χ0) is 22.1. The van der Waals surface area contributed by atoms with Crippen molar-refractivity contribution in [2.75, 3.05) is 18.5 Å². The van der Waals surface area contributed by atoms with Crippen LogP contribution in [-0.4, -0.2) is 42.0 Å². The van der Waals surface area contributed by atoms with Crippen molar-refractivity contribution in [2.45, 2.75) is 26.8 Å². The Morgan fingerprint density at radius 2 is 1.87 bits per heavy atom. The van der Waals surface area contributed by atoms with Crippen LogP contribution in [0.1, 0.15) is 31.1 Å². The molecule has 8 nitrogen and oxygen atoms in total. The second-order valence-electron chi connectivity index (χ2n) is 6.62. The lowest BCUT2D eigenvalue weighted by atomic mass is 10.0. The smallest absolute Gasteiger partial charge is 0.329 e. The number of esters is 1. The highest BCUT2D eigenvalue weighted by Gasteiger charge is 2.27. The van der Waals surface area contributed by atoms with E-state index in [0.29, 0.717) is 23.6 Å². The van der Waals surface area contributed by atoms with Crippen LogP contribution in [0.25, 0.3) is 0 Å². The van der Waals surface area contributed by atoms with Crippen LogP contribution >= 0.6 is 11.6 Å². The lowest BCUT2D eigenvalue weighted by molar-refractivity contribution is -0.150. The minimum Gasteiger partial charge on any atom is -0.493 e. The van der Waals surface area contributed by atoms with Gasteiger partial charge in [-0.1, -0.05) is 37.6 Å². The zero-order valence-electron chi connectivity index (χ0n) is 17.0. The molecule has 1 aromatic carbocycles. The molecule has 2 amide bonds. The summed E-state index contributed by atoms with van der Waals surface area (Å²) in [5, 5.41) is 5.29. The van der Waals surface area contributed by atoms with Crippen LogP contribution in [0.5, 0.6) is 5.75 Å². The molecule has 2 aromatic rings. The van der Waals surface area contributed by atoms with E-state index in [1.54, 1.807) is 50.2 Å². The van der Waals surface area contributed by atoms with Crippen molar-refractivity contribution in [3.05, 3.63) is 53.3 Å². The van der Waals surface area contributed by atoms with Crippen LogP contribution in [-0.2, 0) is 14.3 Å². The number of anilines is 1. The van der Waals surface area contributed by atoms with E-state index in [9.17, 15) is 14.4 Å². The third-order valence-electron chi connectivity index (χ3n) is 4.02. The third kappa shape index (κ3) is 6.45. The molecule has 1 heterocycles. The summed E-state index contributed by atoms with van der Waals surface area (Å²) >= 11 is 5.88. The number of rotatable bonds is 9. The first-order chi connectivity index (χ1) is 14.3. The number of halogens is 1. The van der Waals surface area contributed by atoms with Gasteiger partial charge >= 0.3 is 5.97 Å². The second kappa shape index (κ2) is 11.2. The number of hydrogen-bond acceptors (Lipinski definition) is 6. The predicted molar refractivity (Wildman–Crippen MR) is 113 cm³/mol. The monoisotopic (exact) mass is 433 g/mol. The quantitative estimate of drug-likeness (QED) is 0.465. The molecule has 2 rings (SSSR count). The number of nitrogens with zero attached hydrogens (tertiary/aromatic N) is 1. The van der Waals surface area contributed by atoms with Crippen LogP contribution in [0.4, 0.5) is 5.69 Å². The van der Waals surface area contributed by atoms with E-state index < -0.39 is 30.4 Å². The van der Waals surface area contributed by atoms with E-state index in [1.165, 1.54) is 6.20 Å². The number of carbonyl (C=O) groups is 3. The number of aromatic nitrogens is 1. The Morgan fingerprint density at radius 3 is 2.53 bits per heavy atom. The van der Waals surface area contributed by atoms with Crippen molar-refractivity contribution >= 4 is 35.1 Å². The summed E-state index contributed by atoms with van der Waals surface area (Å²) in [4.78, 5) is 41.1. The number of benzene rings is 1. The Labute approximate surface area is 179 Å². The number of amides is 2. The van der Waals surface area contributed by atoms with E-state index in [0.717, 1.165) is 0 Å². The largest absolute Gasteiger partial charge is 0.493 e. The maximum atomic E-state index is 12.7. The Balaban J connectivity index is 1.98. The Bertz CT molecular complexity index is 904. The minimum absolute atomic E-state index is 0.123. The van der Waals surface area contributed by atoms with Crippen molar-refractivity contribution in [1.82, 2.24) is 10.3 Å². The molecule has 0 saturated carbocycles. The molecule has 0 aliphatic carbocycles. The fourth-order valence-electron chi connectivity index (χ4n) is 2.54. The van der Waals surface area contributed by atoms with Gasteiger partial charge < -0.3 is 20.1 Å². The molecule has 0 fully saturated rings. The van der Waals surface area contributed by atoms with E-state index in [1.807, 2.05) is 6.92 Å². The highest BCUT2D eigenvalue weighted by atomic mass is 35.5. The molecule has 30 heavy (non-hydrogen) atoms. The molecule has 0 spiro atoms. The van der Waals surface area contributed by atoms with Gasteiger partial charge in [0.25, 0.3) is 11.8 Å². The van der Waals surface area contributed by atoms with Crippen LogP contribution < -0.4 is 15.4 Å². The van der Waals surface area contributed by atoms with Gasteiger partial charge in [-0.2, -0.15) is 0 Å². The van der Waals surface area contributed by atoms with Gasteiger partial charge in [-0.3, -0.25) is 9.59 Å². The van der Waals surface area contributed by atoms with Gasteiger partial charge in [-0.25, -0.2) is 9.78 Å². The average Bonchev–Trinajstić information content (AvgIpc) is 2.72. The fraction of sp³-hybridized carbons (Fsp3) is 0.333. The fourth-order valence-corrected chi connectivity index (χ4v) is 2.71. The van der Waals surface area contributed by atoms with Gasteiger partial charge in [-0.15, -0.1) is 0 Å². The number of para-hydroxylation sites is 1. The first-order valence-corrected chi connectivity index (χ1v) is 9.81. The summed E-state index contributed by atoms with van der Waals surface area (Å²) in [6, 6.07) is 8.97. The summed E-state index contributed by atoms with van der Waals surface area (Å²) in [7, 11) is 0. The Morgan fingerprint density at radius 1 is 1.13 bits per heavy atom. The van der Waals surface area contributed by atoms with Crippen molar-refractivity contribution in [1.29, 1.82) is 0 Å². The third-order valence-corrected chi connectivity index (χ3v) is 4.32. The molecule has 0 saturated heterocycles. The van der Waals surface area contributed by atoms with Gasteiger partial charge in [-0.05, 0) is 37.1 Å². The lowest BCUT2D eigenvalue weighted by Crippen LogP contribution is -2.46. The van der Waals surface area contributed by atoms with Crippen molar-refractivity contribution < 1.29 is 23.9 Å². The van der Waals surface area contributed by atoms with Gasteiger partial charge in [0.1, 0.15) is 11.8 Å². The van der Waals surface area contributed by atoms with Crippen LogP contribution in [0, 0.1) is 5.92 Å². The second-order valence-corrected chi connectivity index (χ2v) is 6.98. The van der Waals surface area contributed by atoms with E-state index >= 15 is 0 Å². The van der Waals surface area contributed by atoms with Gasteiger partial charge in [0.15, 0.2) is 11.8 Å². The normalized spacial score (nSPS) is 11.5. The maximum absolute atomic E-state index is 12.7. The van der Waals surface area contributed by atoms with Gasteiger partial charge in [0.2, 0.25) is 0 Å². The van der Waals surface area contributed by atoms with E-state index in [-0.39, 0.29) is 11.1 Å². The number of carbonyl (C=O) groups excluding carboxylic acids is 3. The maximum Gasteiger partial charge on any atom is 0.329 e.